The van der Waals surface area contributed by atoms with Crippen molar-refractivity contribution in [2.45, 2.75) is 26.3 Å². The number of ether oxygens (including phenoxy) is 1. The third kappa shape index (κ3) is 3.04. The molecule has 0 amide bonds. The summed E-state index contributed by atoms with van der Waals surface area (Å²) in [4.78, 5) is 0. The summed E-state index contributed by atoms with van der Waals surface area (Å²) in [5.74, 6) is 0.859. The van der Waals surface area contributed by atoms with Crippen molar-refractivity contribution in [3.63, 3.8) is 0 Å². The summed E-state index contributed by atoms with van der Waals surface area (Å²) < 4.78 is 8.56. The number of rotatable bonds is 5. The van der Waals surface area contributed by atoms with Crippen LogP contribution in [0.1, 0.15) is 29.9 Å². The van der Waals surface area contributed by atoms with Crippen LogP contribution < -0.4 is 10.5 Å². The van der Waals surface area contributed by atoms with Gasteiger partial charge in [-0.1, -0.05) is 18.2 Å². The van der Waals surface area contributed by atoms with E-state index in [1.54, 1.807) is 0 Å². The standard InChI is InChI=1S/C15H20BrN3O/c1-4-20-14-8-6-5-7-11(14)12(17)9-13-15(16)10(2)18-19(13)3/h5-8,12H,4,9,17H2,1-3H3. The number of nitrogens with zero attached hydrogens (tertiary/aromatic N) is 2. The number of halogens is 1. The van der Waals surface area contributed by atoms with Crippen molar-refractivity contribution in [1.82, 2.24) is 9.78 Å². The summed E-state index contributed by atoms with van der Waals surface area (Å²) in [5.41, 5.74) is 9.47. The smallest absolute Gasteiger partial charge is 0.124 e. The first-order chi connectivity index (χ1) is 9.54. The maximum Gasteiger partial charge on any atom is 0.124 e. The Hall–Kier alpha value is -1.33. The Balaban J connectivity index is 2.26. The Bertz CT molecular complexity index is 595. The van der Waals surface area contributed by atoms with E-state index in [9.17, 15) is 0 Å². The Morgan fingerprint density at radius 1 is 1.40 bits per heavy atom. The summed E-state index contributed by atoms with van der Waals surface area (Å²) >= 11 is 3.58. The molecule has 108 valence electrons. The minimum absolute atomic E-state index is 0.121. The van der Waals surface area contributed by atoms with Gasteiger partial charge in [0, 0.05) is 25.1 Å². The first-order valence-corrected chi connectivity index (χ1v) is 7.49. The molecule has 0 aliphatic rings. The summed E-state index contributed by atoms with van der Waals surface area (Å²) in [6, 6.07) is 7.81. The van der Waals surface area contributed by atoms with E-state index >= 15 is 0 Å². The van der Waals surface area contributed by atoms with E-state index in [1.807, 2.05) is 49.8 Å². The van der Waals surface area contributed by atoms with Gasteiger partial charge in [-0.15, -0.1) is 0 Å². The van der Waals surface area contributed by atoms with E-state index in [2.05, 4.69) is 21.0 Å². The van der Waals surface area contributed by atoms with Gasteiger partial charge in [0.1, 0.15) is 5.75 Å². The van der Waals surface area contributed by atoms with Gasteiger partial charge in [0.25, 0.3) is 0 Å². The molecule has 2 rings (SSSR count). The van der Waals surface area contributed by atoms with Crippen molar-refractivity contribution in [2.75, 3.05) is 6.61 Å². The lowest BCUT2D eigenvalue weighted by Gasteiger charge is -2.16. The predicted molar refractivity (Wildman–Crippen MR) is 83.9 cm³/mol. The van der Waals surface area contributed by atoms with E-state index in [4.69, 9.17) is 10.5 Å². The van der Waals surface area contributed by atoms with Crippen molar-refractivity contribution >= 4 is 15.9 Å². The summed E-state index contributed by atoms with van der Waals surface area (Å²) in [6.45, 7) is 4.59. The number of aryl methyl sites for hydroxylation is 2. The molecule has 0 aliphatic heterocycles. The van der Waals surface area contributed by atoms with Crippen LogP contribution in [0.25, 0.3) is 0 Å². The number of benzene rings is 1. The van der Waals surface area contributed by atoms with E-state index < -0.39 is 0 Å². The van der Waals surface area contributed by atoms with Gasteiger partial charge < -0.3 is 10.5 Å². The highest BCUT2D eigenvalue weighted by Crippen LogP contribution is 2.29. The molecule has 0 bridgehead atoms. The minimum Gasteiger partial charge on any atom is -0.494 e. The van der Waals surface area contributed by atoms with E-state index in [1.165, 1.54) is 0 Å². The Morgan fingerprint density at radius 3 is 2.70 bits per heavy atom. The molecule has 2 N–H and O–H groups in total. The minimum atomic E-state index is -0.121. The molecular formula is C15H20BrN3O. The highest BCUT2D eigenvalue weighted by atomic mass is 79.9. The van der Waals surface area contributed by atoms with Crippen LogP contribution in [-0.4, -0.2) is 16.4 Å². The highest BCUT2D eigenvalue weighted by molar-refractivity contribution is 9.10. The molecule has 0 fully saturated rings. The first-order valence-electron chi connectivity index (χ1n) is 6.69. The maximum absolute atomic E-state index is 6.36. The number of hydrogen-bond donors (Lipinski definition) is 1. The molecule has 4 nitrogen and oxygen atoms in total. The lowest BCUT2D eigenvalue weighted by atomic mass is 10.0. The fourth-order valence-electron chi connectivity index (χ4n) is 2.29. The fraction of sp³-hybridized carbons (Fsp3) is 0.400. The van der Waals surface area contributed by atoms with Crippen LogP contribution in [-0.2, 0) is 13.5 Å². The SMILES string of the molecule is CCOc1ccccc1C(N)Cc1c(Br)c(C)nn1C. The zero-order valence-electron chi connectivity index (χ0n) is 12.1. The van der Waals surface area contributed by atoms with Crippen molar-refractivity contribution in [3.05, 3.63) is 45.7 Å². The predicted octanol–water partition coefficient (Wildman–Crippen LogP) is 3.13. The van der Waals surface area contributed by atoms with Crippen molar-refractivity contribution in [2.24, 2.45) is 12.8 Å². The Morgan fingerprint density at radius 2 is 2.10 bits per heavy atom. The van der Waals surface area contributed by atoms with Gasteiger partial charge in [-0.3, -0.25) is 4.68 Å². The molecular weight excluding hydrogens is 318 g/mol. The molecule has 1 unspecified atom stereocenters. The Kier molecular flexibility index (Phi) is 4.83. The van der Waals surface area contributed by atoms with Crippen LogP contribution in [0.4, 0.5) is 0 Å². The monoisotopic (exact) mass is 337 g/mol. The number of aromatic nitrogens is 2. The molecule has 1 atom stereocenters. The van der Waals surface area contributed by atoms with Gasteiger partial charge in [-0.25, -0.2) is 0 Å². The van der Waals surface area contributed by atoms with Crippen LogP contribution in [0, 0.1) is 6.92 Å². The van der Waals surface area contributed by atoms with Gasteiger partial charge >= 0.3 is 0 Å². The molecule has 1 aromatic heterocycles. The third-order valence-electron chi connectivity index (χ3n) is 3.29. The zero-order chi connectivity index (χ0) is 14.7. The fourth-order valence-corrected chi connectivity index (χ4v) is 2.79. The number of para-hydroxylation sites is 1. The topological polar surface area (TPSA) is 53.1 Å². The molecule has 0 radical (unpaired) electrons. The summed E-state index contributed by atoms with van der Waals surface area (Å²) in [5, 5.41) is 4.40. The average Bonchev–Trinajstić information content (AvgIpc) is 2.66. The average molecular weight is 338 g/mol. The largest absolute Gasteiger partial charge is 0.494 e. The molecule has 2 aromatic rings. The third-order valence-corrected chi connectivity index (χ3v) is 4.32. The molecule has 1 aromatic carbocycles. The van der Waals surface area contributed by atoms with Gasteiger partial charge in [-0.2, -0.15) is 5.10 Å². The first kappa shape index (κ1) is 15.1. The van der Waals surface area contributed by atoms with Gasteiger partial charge in [0.05, 0.1) is 22.5 Å². The zero-order valence-corrected chi connectivity index (χ0v) is 13.6. The second-order valence-electron chi connectivity index (χ2n) is 4.75. The number of nitrogens with two attached hydrogens (primary N) is 1. The van der Waals surface area contributed by atoms with Gasteiger partial charge in [0.2, 0.25) is 0 Å². The van der Waals surface area contributed by atoms with Crippen LogP contribution in [0.3, 0.4) is 0 Å². The molecule has 0 aliphatic carbocycles. The van der Waals surface area contributed by atoms with E-state index in [0.29, 0.717) is 13.0 Å². The van der Waals surface area contributed by atoms with E-state index in [-0.39, 0.29) is 6.04 Å². The van der Waals surface area contributed by atoms with Crippen LogP contribution in [0.5, 0.6) is 5.75 Å². The van der Waals surface area contributed by atoms with Crippen LogP contribution in [0.2, 0.25) is 0 Å². The lowest BCUT2D eigenvalue weighted by molar-refractivity contribution is 0.334. The molecule has 1 heterocycles. The van der Waals surface area contributed by atoms with Gasteiger partial charge in [-0.05, 0) is 35.8 Å². The van der Waals surface area contributed by atoms with Gasteiger partial charge in [0.15, 0.2) is 0 Å². The summed E-state index contributed by atoms with van der Waals surface area (Å²) in [7, 11) is 1.94. The lowest BCUT2D eigenvalue weighted by Crippen LogP contribution is -2.17. The molecule has 20 heavy (non-hydrogen) atoms. The van der Waals surface area contributed by atoms with Crippen LogP contribution >= 0.6 is 15.9 Å². The van der Waals surface area contributed by atoms with Crippen molar-refractivity contribution in [1.29, 1.82) is 0 Å². The van der Waals surface area contributed by atoms with Crippen LogP contribution in [0.15, 0.2) is 28.7 Å². The molecule has 5 heteroatoms. The maximum atomic E-state index is 6.36. The second-order valence-corrected chi connectivity index (χ2v) is 5.54. The van der Waals surface area contributed by atoms with Crippen molar-refractivity contribution < 1.29 is 4.74 Å². The molecule has 0 spiro atoms. The normalized spacial score (nSPS) is 12.4. The summed E-state index contributed by atoms with van der Waals surface area (Å²) in [6.07, 6.45) is 0.710. The highest BCUT2D eigenvalue weighted by Gasteiger charge is 2.17. The molecule has 0 saturated carbocycles. The van der Waals surface area contributed by atoms with Crippen molar-refractivity contribution in [3.8, 4) is 5.75 Å². The Labute approximate surface area is 128 Å². The number of hydrogen-bond acceptors (Lipinski definition) is 3. The second kappa shape index (κ2) is 6.41. The van der Waals surface area contributed by atoms with E-state index in [0.717, 1.165) is 27.2 Å². The molecule has 0 saturated heterocycles. The quantitative estimate of drug-likeness (QED) is 0.911.